The van der Waals surface area contributed by atoms with Crippen molar-refractivity contribution >= 4 is 5.82 Å². The maximum atomic E-state index is 5.20. The maximum absolute atomic E-state index is 5.20. The Morgan fingerprint density at radius 3 is 2.21 bits per heavy atom. The zero-order chi connectivity index (χ0) is 24.2. The minimum atomic E-state index is 0.438. The van der Waals surface area contributed by atoms with Crippen LogP contribution in [0.5, 0.6) is 0 Å². The van der Waals surface area contributed by atoms with Gasteiger partial charge in [-0.3, -0.25) is 4.90 Å². The summed E-state index contributed by atoms with van der Waals surface area (Å²) in [5.41, 5.74) is 7.71. The first-order valence-electron chi connectivity index (χ1n) is 12.8. The largest absolute Gasteiger partial charge is 0.354 e. The van der Waals surface area contributed by atoms with Gasteiger partial charge >= 0.3 is 0 Å². The fraction of sp³-hybridized carbons (Fsp3) is 0.483. The zero-order valence-electron chi connectivity index (χ0n) is 21.9. The summed E-state index contributed by atoms with van der Waals surface area (Å²) >= 11 is 0. The summed E-state index contributed by atoms with van der Waals surface area (Å²) in [6.45, 7) is 17.3. The highest BCUT2D eigenvalue weighted by Crippen LogP contribution is 2.31. The van der Waals surface area contributed by atoms with Gasteiger partial charge in [-0.25, -0.2) is 4.68 Å². The van der Waals surface area contributed by atoms with Gasteiger partial charge in [0.2, 0.25) is 0 Å². The summed E-state index contributed by atoms with van der Waals surface area (Å²) in [7, 11) is 2.22. The third-order valence-corrected chi connectivity index (χ3v) is 6.98. The van der Waals surface area contributed by atoms with Gasteiger partial charge in [0.25, 0.3) is 0 Å². The number of piperazine rings is 1. The summed E-state index contributed by atoms with van der Waals surface area (Å²) in [6.07, 6.45) is 0.936. The number of hydrogen-bond acceptors (Lipinski definition) is 4. The molecule has 34 heavy (non-hydrogen) atoms. The van der Waals surface area contributed by atoms with E-state index >= 15 is 0 Å². The molecule has 0 atom stereocenters. The third-order valence-electron chi connectivity index (χ3n) is 6.98. The monoisotopic (exact) mass is 459 g/mol. The Hall–Kier alpha value is -2.63. The number of anilines is 1. The molecule has 3 aromatic rings. The fourth-order valence-corrected chi connectivity index (χ4v) is 4.88. The summed E-state index contributed by atoms with van der Waals surface area (Å²) in [5.74, 6) is 1.28. The quantitative estimate of drug-likeness (QED) is 0.462. The van der Waals surface area contributed by atoms with Crippen molar-refractivity contribution < 1.29 is 0 Å². The van der Waals surface area contributed by atoms with E-state index in [0.717, 1.165) is 51.4 Å². The van der Waals surface area contributed by atoms with Crippen molar-refractivity contribution in [1.82, 2.24) is 19.6 Å². The second-order valence-corrected chi connectivity index (χ2v) is 10.1. The number of likely N-dealkylation sites (N-methyl/N-ethyl adjacent to an activating group) is 1. The molecule has 0 radical (unpaired) electrons. The van der Waals surface area contributed by atoms with Crippen molar-refractivity contribution in [1.29, 1.82) is 0 Å². The molecule has 1 saturated heterocycles. The first kappa shape index (κ1) is 24.5. The minimum absolute atomic E-state index is 0.438. The van der Waals surface area contributed by atoms with Gasteiger partial charge in [0.15, 0.2) is 0 Å². The number of hydrogen-bond donors (Lipinski definition) is 0. The predicted molar refractivity (Wildman–Crippen MR) is 143 cm³/mol. The smallest absolute Gasteiger partial charge is 0.137 e. The van der Waals surface area contributed by atoms with Crippen molar-refractivity contribution in [2.24, 2.45) is 0 Å². The van der Waals surface area contributed by atoms with Crippen molar-refractivity contribution in [3.8, 4) is 5.69 Å². The molecule has 2 heterocycles. The molecule has 0 N–H and O–H groups in total. The van der Waals surface area contributed by atoms with Gasteiger partial charge in [-0.1, -0.05) is 48.9 Å². The van der Waals surface area contributed by atoms with E-state index in [1.54, 1.807) is 0 Å². The number of aryl methyl sites for hydroxylation is 3. The average Bonchev–Trinajstić information content (AvgIpc) is 3.17. The number of aromatic nitrogens is 2. The van der Waals surface area contributed by atoms with Crippen LogP contribution >= 0.6 is 0 Å². The van der Waals surface area contributed by atoms with Gasteiger partial charge in [0.05, 0.1) is 11.4 Å². The Kier molecular flexibility index (Phi) is 7.74. The van der Waals surface area contributed by atoms with E-state index < -0.39 is 0 Å². The Labute approximate surface area is 206 Å². The molecule has 0 unspecified atom stereocenters. The highest BCUT2D eigenvalue weighted by Gasteiger charge is 2.27. The van der Waals surface area contributed by atoms with Crippen molar-refractivity contribution in [3.05, 3.63) is 76.5 Å². The first-order chi connectivity index (χ1) is 16.4. The molecule has 1 aliphatic rings. The van der Waals surface area contributed by atoms with Gasteiger partial charge in [-0.05, 0) is 64.4 Å². The van der Waals surface area contributed by atoms with Crippen LogP contribution in [0.15, 0.2) is 48.5 Å². The molecule has 2 aromatic carbocycles. The molecule has 0 aliphatic carbocycles. The van der Waals surface area contributed by atoms with Crippen LogP contribution in [0.3, 0.4) is 0 Å². The Bertz CT molecular complexity index is 1090. The van der Waals surface area contributed by atoms with Crippen LogP contribution in [0.1, 0.15) is 48.7 Å². The number of benzene rings is 2. The molecule has 5 heteroatoms. The maximum Gasteiger partial charge on any atom is 0.137 e. The summed E-state index contributed by atoms with van der Waals surface area (Å²) < 4.78 is 2.22. The molecule has 1 fully saturated rings. The fourth-order valence-electron chi connectivity index (χ4n) is 4.88. The van der Waals surface area contributed by atoms with Crippen LogP contribution in [-0.2, 0) is 19.5 Å². The lowest BCUT2D eigenvalue weighted by Gasteiger charge is -2.35. The minimum Gasteiger partial charge on any atom is -0.354 e. The van der Waals surface area contributed by atoms with Crippen molar-refractivity contribution in [3.63, 3.8) is 0 Å². The molecule has 0 spiro atoms. The molecule has 5 nitrogen and oxygen atoms in total. The summed E-state index contributed by atoms with van der Waals surface area (Å²) in [6, 6.07) is 18.1. The summed E-state index contributed by atoms with van der Waals surface area (Å²) in [4.78, 5) is 7.57. The van der Waals surface area contributed by atoms with Crippen LogP contribution in [0.4, 0.5) is 5.82 Å². The van der Waals surface area contributed by atoms with E-state index in [0.29, 0.717) is 6.04 Å². The van der Waals surface area contributed by atoms with Gasteiger partial charge < -0.3 is 9.80 Å². The molecule has 0 bridgehead atoms. The van der Waals surface area contributed by atoms with E-state index in [4.69, 9.17) is 5.10 Å². The number of nitrogens with zero attached hydrogens (tertiary/aromatic N) is 5. The van der Waals surface area contributed by atoms with E-state index in [2.05, 4.69) is 110 Å². The Morgan fingerprint density at radius 2 is 1.59 bits per heavy atom. The van der Waals surface area contributed by atoms with Crippen LogP contribution in [0.25, 0.3) is 5.69 Å². The molecule has 182 valence electrons. The second-order valence-electron chi connectivity index (χ2n) is 10.1. The van der Waals surface area contributed by atoms with Gasteiger partial charge in [-0.15, -0.1) is 0 Å². The van der Waals surface area contributed by atoms with Crippen LogP contribution in [0.2, 0.25) is 0 Å². The molecule has 1 aliphatic heterocycles. The van der Waals surface area contributed by atoms with Gasteiger partial charge in [0, 0.05) is 50.9 Å². The van der Waals surface area contributed by atoms with E-state index in [1.807, 2.05) is 0 Å². The standard InChI is InChI=1S/C29H41N5/c1-7-28-27(21-33(22(2)3)20-25-12-8-10-23(4)18-25)29(32-16-14-31(6)15-17-32)34(30-28)26-13-9-11-24(5)19-26/h8-13,18-19,22H,7,14-17,20-21H2,1-6H3. The van der Waals surface area contributed by atoms with Crippen molar-refractivity contribution in [2.75, 3.05) is 38.1 Å². The first-order valence-corrected chi connectivity index (χ1v) is 12.8. The predicted octanol–water partition coefficient (Wildman–Crippen LogP) is 5.21. The van der Waals surface area contributed by atoms with Crippen molar-refractivity contribution in [2.45, 2.75) is 60.2 Å². The SMILES string of the molecule is CCc1nn(-c2cccc(C)c2)c(N2CCN(C)CC2)c1CN(Cc1cccc(C)c1)C(C)C. The summed E-state index contributed by atoms with van der Waals surface area (Å²) in [5, 5.41) is 5.20. The van der Waals surface area contributed by atoms with E-state index in [-0.39, 0.29) is 0 Å². The van der Waals surface area contributed by atoms with Gasteiger partial charge in [-0.2, -0.15) is 5.10 Å². The lowest BCUT2D eigenvalue weighted by atomic mass is 10.1. The second kappa shape index (κ2) is 10.7. The lowest BCUT2D eigenvalue weighted by molar-refractivity contribution is 0.203. The number of rotatable bonds is 8. The molecule has 0 saturated carbocycles. The normalized spacial score (nSPS) is 15.0. The van der Waals surface area contributed by atoms with E-state index in [9.17, 15) is 0 Å². The zero-order valence-corrected chi connectivity index (χ0v) is 21.9. The topological polar surface area (TPSA) is 27.5 Å². The lowest BCUT2D eigenvalue weighted by Crippen LogP contribution is -2.45. The Balaban J connectivity index is 1.76. The molecule has 4 rings (SSSR count). The molecule has 0 amide bonds. The van der Waals surface area contributed by atoms with E-state index in [1.165, 1.54) is 33.8 Å². The van der Waals surface area contributed by atoms with Crippen LogP contribution in [0, 0.1) is 13.8 Å². The van der Waals surface area contributed by atoms with Gasteiger partial charge in [0.1, 0.15) is 5.82 Å². The third kappa shape index (κ3) is 5.53. The molecular weight excluding hydrogens is 418 g/mol. The highest BCUT2D eigenvalue weighted by molar-refractivity contribution is 5.56. The Morgan fingerprint density at radius 1 is 0.912 bits per heavy atom. The average molecular weight is 460 g/mol. The highest BCUT2D eigenvalue weighted by atomic mass is 15.4. The van der Waals surface area contributed by atoms with Crippen LogP contribution < -0.4 is 4.90 Å². The van der Waals surface area contributed by atoms with Crippen LogP contribution in [-0.4, -0.2) is 58.8 Å². The molecule has 1 aromatic heterocycles. The molecular formula is C29H41N5.